The molecule has 0 aliphatic carbocycles. The molecule has 0 spiro atoms. The third-order valence-corrected chi connectivity index (χ3v) is 4.54. The van der Waals surface area contributed by atoms with E-state index in [0.29, 0.717) is 13.0 Å². The van der Waals surface area contributed by atoms with Crippen molar-refractivity contribution in [1.82, 2.24) is 15.3 Å². The van der Waals surface area contributed by atoms with E-state index < -0.39 is 0 Å². The molecular weight excluding hydrogens is 305 g/mol. The van der Waals surface area contributed by atoms with E-state index in [0.717, 1.165) is 11.1 Å². The molecule has 24 heavy (non-hydrogen) atoms. The predicted octanol–water partition coefficient (Wildman–Crippen LogP) is 2.96. The van der Waals surface area contributed by atoms with Gasteiger partial charge in [0.15, 0.2) is 0 Å². The van der Waals surface area contributed by atoms with Crippen molar-refractivity contribution < 1.29 is 9.18 Å². The summed E-state index contributed by atoms with van der Waals surface area (Å²) in [6.07, 6.45) is 4.38. The molecule has 1 N–H and O–H groups in total. The van der Waals surface area contributed by atoms with Crippen molar-refractivity contribution in [2.75, 3.05) is 0 Å². The molecule has 2 aliphatic heterocycles. The third kappa shape index (κ3) is 2.78. The second kappa shape index (κ2) is 6.09. The first-order chi connectivity index (χ1) is 11.7. The van der Waals surface area contributed by atoms with Crippen LogP contribution in [0, 0.1) is 5.82 Å². The van der Waals surface area contributed by atoms with Gasteiger partial charge in [-0.1, -0.05) is 42.5 Å². The van der Waals surface area contributed by atoms with Crippen LogP contribution in [0.15, 0.2) is 67.0 Å². The first kappa shape index (κ1) is 14.9. The summed E-state index contributed by atoms with van der Waals surface area (Å²) in [6, 6.07) is 16.2. The van der Waals surface area contributed by atoms with Gasteiger partial charge < -0.3 is 9.91 Å². The highest BCUT2D eigenvalue weighted by Crippen LogP contribution is 2.31. The molecule has 122 valence electrons. The molecule has 0 radical (unpaired) electrons. The van der Waals surface area contributed by atoms with Crippen LogP contribution in [0.2, 0.25) is 0 Å². The number of amides is 1. The van der Waals surface area contributed by atoms with Crippen LogP contribution in [0.25, 0.3) is 0 Å². The van der Waals surface area contributed by atoms with Crippen LogP contribution < -0.4 is 5.43 Å². The van der Waals surface area contributed by atoms with Crippen molar-refractivity contribution in [1.29, 1.82) is 0 Å². The van der Waals surface area contributed by atoms with Crippen molar-refractivity contribution in [2.24, 2.45) is 0 Å². The molecule has 2 aromatic rings. The zero-order chi connectivity index (χ0) is 16.5. The van der Waals surface area contributed by atoms with Crippen LogP contribution in [0.3, 0.4) is 0 Å². The van der Waals surface area contributed by atoms with Gasteiger partial charge in [0.05, 0.1) is 12.6 Å². The lowest BCUT2D eigenvalue weighted by atomic mass is 10.0. The number of hydrogen-bond donors (Lipinski definition) is 1. The van der Waals surface area contributed by atoms with Gasteiger partial charge in [-0.15, -0.1) is 0 Å². The standard InChI is InChI=1S/C19H18FN3O/c20-16-8-6-15(7-9-16)17-12-18-19(24)22(10-11-23(18)21-17)13-14-4-2-1-3-5-14/h1-11,17-18,21H,12-13H2. The maximum atomic E-state index is 13.1. The Morgan fingerprint density at radius 2 is 1.79 bits per heavy atom. The molecule has 2 aliphatic rings. The Kier molecular flexibility index (Phi) is 3.78. The van der Waals surface area contributed by atoms with Crippen molar-refractivity contribution in [2.45, 2.75) is 25.0 Å². The van der Waals surface area contributed by atoms with E-state index in [2.05, 4.69) is 5.43 Å². The van der Waals surface area contributed by atoms with Gasteiger partial charge >= 0.3 is 0 Å². The van der Waals surface area contributed by atoms with Gasteiger partial charge in [0.25, 0.3) is 5.91 Å². The molecule has 2 heterocycles. The highest BCUT2D eigenvalue weighted by atomic mass is 19.1. The van der Waals surface area contributed by atoms with E-state index in [4.69, 9.17) is 0 Å². The largest absolute Gasteiger partial charge is 0.311 e. The van der Waals surface area contributed by atoms with E-state index in [1.807, 2.05) is 47.7 Å². The van der Waals surface area contributed by atoms with Crippen LogP contribution in [-0.2, 0) is 11.3 Å². The molecular formula is C19H18FN3O. The molecule has 2 atom stereocenters. The third-order valence-electron chi connectivity index (χ3n) is 4.54. The summed E-state index contributed by atoms with van der Waals surface area (Å²) in [7, 11) is 0. The molecule has 1 saturated heterocycles. The Labute approximate surface area is 140 Å². The van der Waals surface area contributed by atoms with E-state index in [1.54, 1.807) is 17.0 Å². The molecule has 2 unspecified atom stereocenters. The maximum absolute atomic E-state index is 13.1. The summed E-state index contributed by atoms with van der Waals surface area (Å²) in [5, 5.41) is 1.86. The number of benzene rings is 2. The van der Waals surface area contributed by atoms with Crippen LogP contribution in [0.5, 0.6) is 0 Å². The zero-order valence-electron chi connectivity index (χ0n) is 13.1. The maximum Gasteiger partial charge on any atom is 0.251 e. The number of carbonyl (C=O) groups is 1. The second-order valence-corrected chi connectivity index (χ2v) is 6.14. The lowest BCUT2D eigenvalue weighted by molar-refractivity contribution is -0.134. The number of nitrogens with zero attached hydrogens (tertiary/aromatic N) is 2. The molecule has 0 aromatic heterocycles. The number of hydrazine groups is 1. The molecule has 2 aromatic carbocycles. The molecule has 1 fully saturated rings. The fourth-order valence-corrected chi connectivity index (χ4v) is 3.26. The minimum atomic E-state index is -0.250. The molecule has 0 bridgehead atoms. The highest BCUT2D eigenvalue weighted by molar-refractivity contribution is 5.84. The summed E-state index contributed by atoms with van der Waals surface area (Å²) in [6.45, 7) is 0.571. The van der Waals surface area contributed by atoms with Crippen molar-refractivity contribution in [3.63, 3.8) is 0 Å². The minimum absolute atomic E-state index is 0.0147. The Balaban J connectivity index is 1.49. The Morgan fingerprint density at radius 3 is 2.54 bits per heavy atom. The van der Waals surface area contributed by atoms with Gasteiger partial charge in [0, 0.05) is 12.4 Å². The van der Waals surface area contributed by atoms with Crippen LogP contribution in [0.4, 0.5) is 4.39 Å². The summed E-state index contributed by atoms with van der Waals surface area (Å²) >= 11 is 0. The van der Waals surface area contributed by atoms with E-state index in [-0.39, 0.29) is 23.8 Å². The first-order valence-electron chi connectivity index (χ1n) is 8.03. The van der Waals surface area contributed by atoms with E-state index in [1.165, 1.54) is 12.1 Å². The average molecular weight is 323 g/mol. The Bertz CT molecular complexity index is 760. The van der Waals surface area contributed by atoms with Crippen molar-refractivity contribution >= 4 is 5.91 Å². The summed E-state index contributed by atoms with van der Waals surface area (Å²) < 4.78 is 13.1. The van der Waals surface area contributed by atoms with Gasteiger partial charge in [0.2, 0.25) is 0 Å². The average Bonchev–Trinajstić information content (AvgIpc) is 3.04. The number of hydrogen-bond acceptors (Lipinski definition) is 3. The number of carbonyl (C=O) groups excluding carboxylic acids is 1. The summed E-state index contributed by atoms with van der Waals surface area (Å²) in [5.74, 6) is -0.169. The van der Waals surface area contributed by atoms with Crippen LogP contribution >= 0.6 is 0 Å². The predicted molar refractivity (Wildman–Crippen MR) is 88.7 cm³/mol. The van der Waals surface area contributed by atoms with E-state index >= 15 is 0 Å². The van der Waals surface area contributed by atoms with E-state index in [9.17, 15) is 9.18 Å². The number of fused-ring (bicyclic) bond motifs is 1. The summed E-state index contributed by atoms with van der Waals surface area (Å²) in [4.78, 5) is 14.5. The van der Waals surface area contributed by atoms with Gasteiger partial charge in [0.1, 0.15) is 11.9 Å². The smallest absolute Gasteiger partial charge is 0.251 e. The quantitative estimate of drug-likeness (QED) is 0.943. The molecule has 5 heteroatoms. The van der Waals surface area contributed by atoms with Gasteiger partial charge in [-0.05, 0) is 29.7 Å². The van der Waals surface area contributed by atoms with Crippen LogP contribution in [0.1, 0.15) is 23.6 Å². The number of rotatable bonds is 3. The topological polar surface area (TPSA) is 35.6 Å². The van der Waals surface area contributed by atoms with Crippen molar-refractivity contribution in [3.05, 3.63) is 83.9 Å². The normalized spacial score (nSPS) is 22.8. The van der Waals surface area contributed by atoms with Crippen LogP contribution in [-0.4, -0.2) is 21.9 Å². The lowest BCUT2D eigenvalue weighted by Crippen LogP contribution is -2.47. The lowest BCUT2D eigenvalue weighted by Gasteiger charge is -2.31. The monoisotopic (exact) mass is 323 g/mol. The zero-order valence-corrected chi connectivity index (χ0v) is 13.1. The summed E-state index contributed by atoms with van der Waals surface area (Å²) in [5.41, 5.74) is 5.41. The minimum Gasteiger partial charge on any atom is -0.311 e. The highest BCUT2D eigenvalue weighted by Gasteiger charge is 2.39. The fourth-order valence-electron chi connectivity index (χ4n) is 3.26. The first-order valence-corrected chi connectivity index (χ1v) is 8.03. The molecule has 4 nitrogen and oxygen atoms in total. The van der Waals surface area contributed by atoms with Gasteiger partial charge in [-0.3, -0.25) is 4.79 Å². The molecule has 4 rings (SSSR count). The number of nitrogens with one attached hydrogen (secondary N) is 1. The number of halogens is 1. The molecule has 1 amide bonds. The Hall–Kier alpha value is -2.66. The van der Waals surface area contributed by atoms with Crippen molar-refractivity contribution in [3.8, 4) is 0 Å². The molecule has 0 saturated carbocycles. The van der Waals surface area contributed by atoms with Gasteiger partial charge in [-0.25, -0.2) is 9.82 Å². The Morgan fingerprint density at radius 1 is 1.04 bits per heavy atom. The SMILES string of the molecule is O=C1C2CC(c3ccc(F)cc3)NN2C=CN1Cc1ccccc1. The second-order valence-electron chi connectivity index (χ2n) is 6.14. The van der Waals surface area contributed by atoms with Gasteiger partial charge in [-0.2, -0.15) is 0 Å². The fraction of sp³-hybridized carbons (Fsp3) is 0.211.